The van der Waals surface area contributed by atoms with Crippen molar-refractivity contribution >= 4 is 40.9 Å². The normalized spacial score (nSPS) is 18.1. The number of urea groups is 1. The van der Waals surface area contributed by atoms with Gasteiger partial charge < -0.3 is 31.4 Å². The number of nitrogens with two attached hydrogens (primary N) is 1. The maximum Gasteiger partial charge on any atom is 0.316 e. The van der Waals surface area contributed by atoms with Gasteiger partial charge in [0.25, 0.3) is 11.8 Å². The zero-order valence-electron chi connectivity index (χ0n) is 18.2. The van der Waals surface area contributed by atoms with Crippen LogP contribution in [0, 0.1) is 0 Å². The zero-order chi connectivity index (χ0) is 23.8. The van der Waals surface area contributed by atoms with E-state index in [9.17, 15) is 19.5 Å². The highest BCUT2D eigenvalue weighted by molar-refractivity contribution is 6.35. The topological polar surface area (TPSA) is 141 Å². The van der Waals surface area contributed by atoms with E-state index in [4.69, 9.17) is 5.73 Å². The molecule has 1 aromatic heterocycles. The second-order valence-electron chi connectivity index (χ2n) is 8.38. The van der Waals surface area contributed by atoms with E-state index < -0.39 is 12.1 Å². The number of aromatic nitrogens is 1. The molecule has 0 bridgehead atoms. The predicted octanol–water partition coefficient (Wildman–Crippen LogP) is 2.87. The molecular weight excluding hydrogens is 434 g/mol. The van der Waals surface area contributed by atoms with Gasteiger partial charge in [-0.3, -0.25) is 9.59 Å². The van der Waals surface area contributed by atoms with E-state index in [2.05, 4.69) is 15.6 Å². The van der Waals surface area contributed by atoms with E-state index >= 15 is 0 Å². The molecule has 2 aromatic carbocycles. The van der Waals surface area contributed by atoms with Gasteiger partial charge in [0.15, 0.2) is 0 Å². The van der Waals surface area contributed by atoms with Crippen LogP contribution in [0.25, 0.3) is 22.8 Å². The van der Waals surface area contributed by atoms with Gasteiger partial charge in [0.1, 0.15) is 0 Å². The van der Waals surface area contributed by atoms with Crippen molar-refractivity contribution in [2.24, 2.45) is 5.73 Å². The fourth-order valence-corrected chi connectivity index (χ4v) is 4.28. The summed E-state index contributed by atoms with van der Waals surface area (Å²) in [6.45, 7) is 0.932. The molecule has 9 nitrogen and oxygen atoms in total. The van der Waals surface area contributed by atoms with Crippen LogP contribution in [0.3, 0.4) is 0 Å². The summed E-state index contributed by atoms with van der Waals surface area (Å²) in [7, 11) is 0. The lowest BCUT2D eigenvalue weighted by molar-refractivity contribution is -0.110. The second kappa shape index (κ2) is 8.53. The van der Waals surface area contributed by atoms with Crippen molar-refractivity contribution in [3.8, 4) is 11.1 Å². The molecule has 0 aliphatic carbocycles. The first-order chi connectivity index (χ1) is 16.4. The molecule has 4 amide bonds. The lowest BCUT2D eigenvalue weighted by Crippen LogP contribution is -2.29. The minimum Gasteiger partial charge on any atom is -0.391 e. The van der Waals surface area contributed by atoms with E-state index in [1.165, 1.54) is 0 Å². The first kappa shape index (κ1) is 21.5. The SMILES string of the molecule is NC(=O)Nc1ccc2c(c1)C(=Cc1cc(-c3ccc(C(=O)N4CC[C@@H](O)C4)cc3)c[nH]1)C(=O)N2. The maximum absolute atomic E-state index is 12.6. The van der Waals surface area contributed by atoms with Crippen molar-refractivity contribution in [2.45, 2.75) is 12.5 Å². The van der Waals surface area contributed by atoms with Crippen LogP contribution in [-0.4, -0.2) is 52.0 Å². The molecule has 1 saturated heterocycles. The van der Waals surface area contributed by atoms with Crippen molar-refractivity contribution in [1.82, 2.24) is 9.88 Å². The van der Waals surface area contributed by atoms with Crippen LogP contribution in [0.2, 0.25) is 0 Å². The smallest absolute Gasteiger partial charge is 0.316 e. The summed E-state index contributed by atoms with van der Waals surface area (Å²) >= 11 is 0. The predicted molar refractivity (Wildman–Crippen MR) is 129 cm³/mol. The van der Waals surface area contributed by atoms with Gasteiger partial charge >= 0.3 is 6.03 Å². The Bertz CT molecular complexity index is 1330. The zero-order valence-corrected chi connectivity index (χ0v) is 18.2. The van der Waals surface area contributed by atoms with Crippen LogP contribution in [0.5, 0.6) is 0 Å². The third-order valence-electron chi connectivity index (χ3n) is 5.99. The molecule has 0 radical (unpaired) electrons. The molecule has 3 heterocycles. The van der Waals surface area contributed by atoms with Gasteiger partial charge in [0.05, 0.1) is 11.7 Å². The number of rotatable bonds is 4. The molecular formula is C25H23N5O4. The second-order valence-corrected chi connectivity index (χ2v) is 8.38. The number of likely N-dealkylation sites (tertiary alicyclic amines) is 1. The number of hydrogen-bond acceptors (Lipinski definition) is 4. The maximum atomic E-state index is 12.6. The number of β-amino-alcohol motifs (C(OH)–C–C–N with tert-alkyl or cyclic N) is 1. The number of nitrogens with zero attached hydrogens (tertiary/aromatic N) is 1. The summed E-state index contributed by atoms with van der Waals surface area (Å²) in [6.07, 6.45) is 3.74. The number of aliphatic hydroxyl groups excluding tert-OH is 1. The molecule has 9 heteroatoms. The van der Waals surface area contributed by atoms with Crippen LogP contribution < -0.4 is 16.4 Å². The molecule has 172 valence electrons. The van der Waals surface area contributed by atoms with Gasteiger partial charge in [0.2, 0.25) is 0 Å². The van der Waals surface area contributed by atoms with Gasteiger partial charge in [-0.05, 0) is 60.0 Å². The van der Waals surface area contributed by atoms with Crippen molar-refractivity contribution in [3.63, 3.8) is 0 Å². The van der Waals surface area contributed by atoms with Gasteiger partial charge in [-0.1, -0.05) is 12.1 Å². The highest BCUT2D eigenvalue weighted by atomic mass is 16.3. The molecule has 1 fully saturated rings. The first-order valence-electron chi connectivity index (χ1n) is 10.9. The number of anilines is 2. The number of primary amides is 1. The molecule has 0 saturated carbocycles. The van der Waals surface area contributed by atoms with Gasteiger partial charge in [-0.25, -0.2) is 4.79 Å². The summed E-state index contributed by atoms with van der Waals surface area (Å²) in [5.41, 5.74) is 10.6. The Morgan fingerprint density at radius 1 is 1.12 bits per heavy atom. The summed E-state index contributed by atoms with van der Waals surface area (Å²) < 4.78 is 0. The summed E-state index contributed by atoms with van der Waals surface area (Å²) in [6, 6.07) is 13.6. The molecule has 5 rings (SSSR count). The van der Waals surface area contributed by atoms with Gasteiger partial charge in [-0.15, -0.1) is 0 Å². The Hall–Kier alpha value is -4.37. The quantitative estimate of drug-likeness (QED) is 0.384. The van der Waals surface area contributed by atoms with Crippen LogP contribution >= 0.6 is 0 Å². The average molecular weight is 457 g/mol. The van der Waals surface area contributed by atoms with Crippen molar-refractivity contribution in [1.29, 1.82) is 0 Å². The number of H-pyrrole nitrogens is 1. The summed E-state index contributed by atoms with van der Waals surface area (Å²) in [5, 5.41) is 15.0. The first-order valence-corrected chi connectivity index (χ1v) is 10.9. The number of fused-ring (bicyclic) bond motifs is 1. The van der Waals surface area contributed by atoms with E-state index in [0.29, 0.717) is 47.6 Å². The van der Waals surface area contributed by atoms with Crippen molar-refractivity contribution in [2.75, 3.05) is 23.7 Å². The highest BCUT2D eigenvalue weighted by Crippen LogP contribution is 2.35. The third-order valence-corrected chi connectivity index (χ3v) is 5.99. The van der Waals surface area contributed by atoms with Gasteiger partial charge in [0, 0.05) is 47.5 Å². The molecule has 3 aromatic rings. The summed E-state index contributed by atoms with van der Waals surface area (Å²) in [4.78, 5) is 41.1. The highest BCUT2D eigenvalue weighted by Gasteiger charge is 2.26. The number of carbonyl (C=O) groups excluding carboxylic acids is 3. The molecule has 1 atom stereocenters. The molecule has 6 N–H and O–H groups in total. The third kappa shape index (κ3) is 4.16. The van der Waals surface area contributed by atoms with Gasteiger partial charge in [-0.2, -0.15) is 0 Å². The Labute approximate surface area is 195 Å². The Balaban J connectivity index is 1.36. The lowest BCUT2D eigenvalue weighted by Gasteiger charge is -2.15. The number of carbonyl (C=O) groups is 3. The number of aliphatic hydroxyl groups is 1. The lowest BCUT2D eigenvalue weighted by atomic mass is 10.0. The van der Waals surface area contributed by atoms with E-state index in [0.717, 1.165) is 16.8 Å². The van der Waals surface area contributed by atoms with Crippen LogP contribution in [0.15, 0.2) is 54.7 Å². The molecule has 0 unspecified atom stereocenters. The Morgan fingerprint density at radius 2 is 1.91 bits per heavy atom. The van der Waals surface area contributed by atoms with Crippen molar-refractivity contribution in [3.05, 3.63) is 71.5 Å². The molecule has 0 spiro atoms. The number of benzene rings is 2. The van der Waals surface area contributed by atoms with Crippen molar-refractivity contribution < 1.29 is 19.5 Å². The number of hydrogen-bond donors (Lipinski definition) is 5. The fourth-order valence-electron chi connectivity index (χ4n) is 4.28. The van der Waals surface area contributed by atoms with Crippen LogP contribution in [0.4, 0.5) is 16.2 Å². The molecule has 2 aliphatic heterocycles. The number of aromatic amines is 1. The van der Waals surface area contributed by atoms with E-state index in [1.807, 2.05) is 24.4 Å². The fraction of sp³-hybridized carbons (Fsp3) is 0.160. The number of nitrogens with one attached hydrogen (secondary N) is 3. The standard InChI is InChI=1S/C25H23N5O4/c26-25(34)28-17-5-6-22-20(10-17)21(23(32)29-22)11-18-9-16(12-27-18)14-1-3-15(4-2-14)24(33)30-8-7-19(31)13-30/h1-6,9-12,19,27,31H,7-8,13H2,(H,29,32)(H3,26,28,34)/t19-/m1/s1. The average Bonchev–Trinajstić information content (AvgIpc) is 3.53. The Kier molecular flexibility index (Phi) is 5.39. The monoisotopic (exact) mass is 457 g/mol. The van der Waals surface area contributed by atoms with E-state index in [-0.39, 0.29) is 11.8 Å². The van der Waals surface area contributed by atoms with Crippen LogP contribution in [-0.2, 0) is 4.79 Å². The van der Waals surface area contributed by atoms with E-state index in [1.54, 1.807) is 41.3 Å². The minimum atomic E-state index is -0.678. The molecule has 2 aliphatic rings. The minimum absolute atomic E-state index is 0.0845. The largest absolute Gasteiger partial charge is 0.391 e. The Morgan fingerprint density at radius 3 is 2.62 bits per heavy atom. The summed E-state index contributed by atoms with van der Waals surface area (Å²) in [5.74, 6) is -0.323. The molecule has 34 heavy (non-hydrogen) atoms. The number of amides is 4. The van der Waals surface area contributed by atoms with Crippen LogP contribution in [0.1, 0.15) is 28.0 Å².